The van der Waals surface area contributed by atoms with Gasteiger partial charge in [0.1, 0.15) is 11.6 Å². The maximum Gasteiger partial charge on any atom is 0.266 e. The molecule has 1 aliphatic rings. The van der Waals surface area contributed by atoms with Crippen molar-refractivity contribution in [3.05, 3.63) is 142 Å². The Morgan fingerprint density at radius 2 is 1.79 bits per heavy atom. The minimum atomic E-state index is -1.48. The zero-order chi connectivity index (χ0) is 32.9. The molecule has 0 radical (unpaired) electrons. The quantitative estimate of drug-likeness (QED) is 0.0410. The number of aliphatic hydroxyl groups excluding tert-OH is 1. The average molecular weight is 655 g/mol. The van der Waals surface area contributed by atoms with Crippen molar-refractivity contribution in [3.63, 3.8) is 0 Å². The van der Waals surface area contributed by atoms with Crippen molar-refractivity contribution in [2.75, 3.05) is 25.5 Å². The number of amides is 1. The Morgan fingerprint density at radius 3 is 2.53 bits per heavy atom. The van der Waals surface area contributed by atoms with Crippen LogP contribution in [0.1, 0.15) is 34.8 Å². The van der Waals surface area contributed by atoms with Crippen LogP contribution in [0.4, 0.5) is 10.1 Å². The summed E-state index contributed by atoms with van der Waals surface area (Å²) in [4.78, 5) is 22.3. The van der Waals surface area contributed by atoms with E-state index in [4.69, 9.17) is 19.6 Å². The smallest absolute Gasteiger partial charge is 0.266 e. The van der Waals surface area contributed by atoms with Gasteiger partial charge < -0.3 is 14.6 Å². The summed E-state index contributed by atoms with van der Waals surface area (Å²) in [5.41, 5.74) is 17.1. The molecule has 0 saturated heterocycles. The number of aliphatic imine (C=N–C) groups is 1. The normalized spacial score (nSPS) is 16.9. The molecule has 0 bridgehead atoms. The van der Waals surface area contributed by atoms with Crippen LogP contribution in [0.25, 0.3) is 10.4 Å². The van der Waals surface area contributed by atoms with Gasteiger partial charge in [-0.1, -0.05) is 71.8 Å². The number of carbonyl (C=O) groups is 1. The fraction of sp³-hybridized carbons (Fsp3) is 0.257. The van der Waals surface area contributed by atoms with Gasteiger partial charge in [0.2, 0.25) is 5.90 Å². The first-order valence-electron chi connectivity index (χ1n) is 15.2. The summed E-state index contributed by atoms with van der Waals surface area (Å²) in [5.74, 6) is 1.63. The molecule has 1 heterocycles. The molecule has 0 fully saturated rings. The first-order chi connectivity index (χ1) is 23.0. The highest BCUT2D eigenvalue weighted by Gasteiger charge is 2.53. The molecule has 4 aromatic carbocycles. The van der Waals surface area contributed by atoms with E-state index in [1.165, 1.54) is 12.1 Å². The van der Waals surface area contributed by atoms with Crippen LogP contribution in [0.5, 0.6) is 5.75 Å². The Morgan fingerprint density at radius 1 is 1.04 bits per heavy atom. The van der Waals surface area contributed by atoms with Crippen molar-refractivity contribution < 1.29 is 23.8 Å². The van der Waals surface area contributed by atoms with E-state index in [0.29, 0.717) is 53.6 Å². The SMILES string of the molecule is [N-]=[N+]=Nc1ccccc1C[C@]1(C(=O)NNCCSCc2ccc(F)cc2)N=C(c2ccc(OCCCO)cc2)O[C@H]1c1ccccc1. The van der Waals surface area contributed by atoms with Crippen LogP contribution in [-0.2, 0) is 21.7 Å². The number of hydrogen-bond acceptors (Lipinski definition) is 8. The van der Waals surface area contributed by atoms with Crippen molar-refractivity contribution in [2.45, 2.75) is 30.2 Å². The maximum atomic E-state index is 14.3. The van der Waals surface area contributed by atoms with Crippen LogP contribution in [0.2, 0.25) is 0 Å². The predicted molar refractivity (Wildman–Crippen MR) is 181 cm³/mol. The minimum absolute atomic E-state index is 0.0419. The number of azide groups is 1. The standard InChI is InChI=1S/C35H35FN6O4S/c36-29-15-11-25(12-16-29)24-47-22-19-38-41-34(44)35(23-28-9-4-5-10-31(28)40-42-37)32(26-7-2-1-3-8-26)46-33(39-35)27-13-17-30(18-14-27)45-21-6-20-43/h1-5,7-18,32,38,43H,6,19-24H2,(H,41,44)/t32-,35-/m0/s1. The number of benzene rings is 4. The molecule has 242 valence electrons. The predicted octanol–water partition coefficient (Wildman–Crippen LogP) is 6.58. The highest BCUT2D eigenvalue weighted by Crippen LogP contribution is 2.43. The molecule has 12 heteroatoms. The first kappa shape index (κ1) is 33.5. The first-order valence-corrected chi connectivity index (χ1v) is 16.3. The van der Waals surface area contributed by atoms with Gasteiger partial charge in [0.25, 0.3) is 5.91 Å². The van der Waals surface area contributed by atoms with Gasteiger partial charge in [-0.3, -0.25) is 10.2 Å². The molecule has 1 amide bonds. The molecule has 0 saturated carbocycles. The second-order valence-electron chi connectivity index (χ2n) is 10.8. The fourth-order valence-electron chi connectivity index (χ4n) is 5.15. The van der Waals surface area contributed by atoms with Crippen molar-refractivity contribution in [1.82, 2.24) is 10.9 Å². The molecule has 47 heavy (non-hydrogen) atoms. The molecule has 4 aromatic rings. The topological polar surface area (TPSA) is 141 Å². The van der Waals surface area contributed by atoms with Crippen molar-refractivity contribution in [2.24, 2.45) is 10.1 Å². The Hall–Kier alpha value is -4.87. The van der Waals surface area contributed by atoms with Gasteiger partial charge in [0.15, 0.2) is 11.6 Å². The minimum Gasteiger partial charge on any atom is -0.494 e. The van der Waals surface area contributed by atoms with Gasteiger partial charge in [-0.15, -0.1) is 0 Å². The Kier molecular flexibility index (Phi) is 11.8. The number of aliphatic hydroxyl groups is 1. The van der Waals surface area contributed by atoms with Gasteiger partial charge in [-0.25, -0.2) is 14.8 Å². The van der Waals surface area contributed by atoms with Crippen molar-refractivity contribution in [3.8, 4) is 5.75 Å². The Bertz CT molecular complexity index is 1700. The average Bonchev–Trinajstić information content (AvgIpc) is 3.49. The number of nitrogens with one attached hydrogen (secondary N) is 2. The lowest BCUT2D eigenvalue weighted by molar-refractivity contribution is -0.130. The van der Waals surface area contributed by atoms with E-state index in [-0.39, 0.29) is 24.7 Å². The van der Waals surface area contributed by atoms with E-state index in [9.17, 15) is 14.7 Å². The van der Waals surface area contributed by atoms with Gasteiger partial charge in [-0.05, 0) is 58.6 Å². The van der Waals surface area contributed by atoms with Crippen LogP contribution in [-0.4, -0.2) is 48.0 Å². The Balaban J connectivity index is 1.42. The van der Waals surface area contributed by atoms with Gasteiger partial charge in [0.05, 0.1) is 6.61 Å². The lowest BCUT2D eigenvalue weighted by Gasteiger charge is -2.31. The number of hydrazine groups is 1. The summed E-state index contributed by atoms with van der Waals surface area (Å²) < 4.78 is 25.4. The largest absolute Gasteiger partial charge is 0.494 e. The van der Waals surface area contributed by atoms with Gasteiger partial charge >= 0.3 is 0 Å². The molecule has 0 unspecified atom stereocenters. The monoisotopic (exact) mass is 654 g/mol. The van der Waals surface area contributed by atoms with E-state index in [1.807, 2.05) is 54.6 Å². The molecule has 2 atom stereocenters. The zero-order valence-electron chi connectivity index (χ0n) is 25.6. The Labute approximate surface area is 276 Å². The highest BCUT2D eigenvalue weighted by atomic mass is 32.2. The van der Waals surface area contributed by atoms with E-state index < -0.39 is 17.6 Å². The van der Waals surface area contributed by atoms with Gasteiger partial charge in [0, 0.05) is 53.7 Å². The number of hydrogen-bond donors (Lipinski definition) is 3. The maximum absolute atomic E-state index is 14.3. The van der Waals surface area contributed by atoms with Crippen LogP contribution >= 0.6 is 11.8 Å². The van der Waals surface area contributed by atoms with E-state index >= 15 is 0 Å². The molecule has 1 aliphatic heterocycles. The van der Waals surface area contributed by atoms with Crippen LogP contribution in [0, 0.1) is 5.82 Å². The number of halogens is 1. The number of thioether (sulfide) groups is 1. The molecule has 10 nitrogen and oxygen atoms in total. The van der Waals surface area contributed by atoms with Crippen LogP contribution in [0.15, 0.2) is 113 Å². The molecule has 3 N–H and O–H groups in total. The van der Waals surface area contributed by atoms with Crippen molar-refractivity contribution in [1.29, 1.82) is 0 Å². The van der Waals surface area contributed by atoms with Crippen LogP contribution < -0.4 is 15.6 Å². The number of ether oxygens (including phenoxy) is 2. The number of carbonyl (C=O) groups excluding carboxylic acids is 1. The number of rotatable bonds is 16. The summed E-state index contributed by atoms with van der Waals surface area (Å²) in [6.45, 7) is 0.892. The lowest BCUT2D eigenvalue weighted by atomic mass is 9.81. The third kappa shape index (κ3) is 8.69. The van der Waals surface area contributed by atoms with E-state index in [2.05, 4.69) is 20.9 Å². The third-order valence-electron chi connectivity index (χ3n) is 7.49. The molecular formula is C35H35FN6O4S. The zero-order valence-corrected chi connectivity index (χ0v) is 26.4. The van der Waals surface area contributed by atoms with Crippen molar-refractivity contribution >= 4 is 29.3 Å². The molecule has 5 rings (SSSR count). The van der Waals surface area contributed by atoms with E-state index in [0.717, 1.165) is 11.1 Å². The summed E-state index contributed by atoms with van der Waals surface area (Å²) in [7, 11) is 0. The highest BCUT2D eigenvalue weighted by molar-refractivity contribution is 7.98. The molecule has 0 aromatic heterocycles. The number of nitrogens with zero attached hydrogens (tertiary/aromatic N) is 4. The molecule has 0 aliphatic carbocycles. The summed E-state index contributed by atoms with van der Waals surface area (Å²) in [5, 5.41) is 12.9. The molecular weight excluding hydrogens is 619 g/mol. The van der Waals surface area contributed by atoms with Crippen LogP contribution in [0.3, 0.4) is 0 Å². The van der Waals surface area contributed by atoms with Gasteiger partial charge in [-0.2, -0.15) is 11.8 Å². The second-order valence-corrected chi connectivity index (χ2v) is 11.9. The molecule has 0 spiro atoms. The third-order valence-corrected chi connectivity index (χ3v) is 8.52. The van der Waals surface area contributed by atoms with E-state index in [1.54, 1.807) is 48.2 Å². The summed E-state index contributed by atoms with van der Waals surface area (Å²) in [6, 6.07) is 30.1. The fourth-order valence-corrected chi connectivity index (χ4v) is 5.97. The second kappa shape index (κ2) is 16.6. The summed E-state index contributed by atoms with van der Waals surface area (Å²) >= 11 is 1.65. The summed E-state index contributed by atoms with van der Waals surface area (Å²) in [6.07, 6.45) is -0.208. The lowest BCUT2D eigenvalue weighted by Crippen LogP contribution is -2.54.